The van der Waals surface area contributed by atoms with Gasteiger partial charge in [-0.15, -0.1) is 6.58 Å². The summed E-state index contributed by atoms with van der Waals surface area (Å²) < 4.78 is 6.01. The summed E-state index contributed by atoms with van der Waals surface area (Å²) in [4.78, 5) is 18.0. The van der Waals surface area contributed by atoms with E-state index in [9.17, 15) is 10.1 Å². The van der Waals surface area contributed by atoms with E-state index in [0.29, 0.717) is 35.3 Å². The third-order valence-electron chi connectivity index (χ3n) is 4.24. The number of rotatable bonds is 8. The highest BCUT2D eigenvalue weighted by Crippen LogP contribution is 2.46. The summed E-state index contributed by atoms with van der Waals surface area (Å²) in [6.45, 7) is 9.65. The predicted molar refractivity (Wildman–Crippen MR) is 93.8 cm³/mol. The molecular weight excluding hydrogens is 304 g/mol. The first kappa shape index (κ1) is 18.4. The smallest absolute Gasteiger partial charge is 0.192 e. The Morgan fingerprint density at radius 2 is 2.04 bits per heavy atom. The molecule has 0 saturated carbocycles. The standard InChI is InChI=1S/C20H26O4/c1-5-7-10-16-18(21)15-11-8-9-12-17(15)20(24-22,13-6-2)19(16)23-14(3)4/h6,8-9,11-12,14,22H,2,5,7,10,13H2,1,3-4H3. The molecule has 0 amide bonds. The van der Waals surface area contributed by atoms with Crippen LogP contribution in [0.1, 0.15) is 62.4 Å². The molecule has 1 aliphatic carbocycles. The maximum absolute atomic E-state index is 13.0. The number of carbonyl (C=O) groups is 1. The van der Waals surface area contributed by atoms with Crippen molar-refractivity contribution in [2.75, 3.05) is 0 Å². The Bertz CT molecular complexity index is 645. The van der Waals surface area contributed by atoms with Crippen molar-refractivity contribution in [1.82, 2.24) is 0 Å². The second-order valence-electron chi connectivity index (χ2n) is 6.36. The van der Waals surface area contributed by atoms with Crippen LogP contribution < -0.4 is 0 Å². The van der Waals surface area contributed by atoms with Crippen LogP contribution in [0.25, 0.3) is 0 Å². The molecule has 0 fully saturated rings. The molecule has 130 valence electrons. The van der Waals surface area contributed by atoms with Crippen LogP contribution >= 0.6 is 0 Å². The zero-order valence-corrected chi connectivity index (χ0v) is 14.7. The molecule has 0 aliphatic heterocycles. The van der Waals surface area contributed by atoms with Crippen molar-refractivity contribution in [3.8, 4) is 0 Å². The van der Waals surface area contributed by atoms with Crippen LogP contribution in [0.2, 0.25) is 0 Å². The molecule has 0 spiro atoms. The quantitative estimate of drug-likeness (QED) is 0.413. The second kappa shape index (κ2) is 7.77. The largest absolute Gasteiger partial charge is 0.491 e. The minimum absolute atomic E-state index is 0.0496. The molecule has 1 aromatic carbocycles. The number of unbranched alkanes of at least 4 members (excludes halogenated alkanes) is 1. The average molecular weight is 330 g/mol. The number of ketones is 1. The summed E-state index contributed by atoms with van der Waals surface area (Å²) in [7, 11) is 0. The Labute approximate surface area is 143 Å². The van der Waals surface area contributed by atoms with E-state index in [4.69, 9.17) is 9.62 Å². The number of hydrogen-bond acceptors (Lipinski definition) is 4. The molecule has 2 rings (SSSR count). The van der Waals surface area contributed by atoms with Gasteiger partial charge in [0.1, 0.15) is 5.76 Å². The van der Waals surface area contributed by atoms with E-state index in [-0.39, 0.29) is 11.9 Å². The van der Waals surface area contributed by atoms with E-state index >= 15 is 0 Å². The molecule has 0 aromatic heterocycles. The molecule has 1 atom stereocenters. The number of ether oxygens (including phenoxy) is 1. The summed E-state index contributed by atoms with van der Waals surface area (Å²) in [5, 5.41) is 9.86. The highest BCUT2D eigenvalue weighted by Gasteiger charge is 2.48. The first-order valence-corrected chi connectivity index (χ1v) is 8.49. The van der Waals surface area contributed by atoms with Crippen LogP contribution in [0.4, 0.5) is 0 Å². The molecule has 4 nitrogen and oxygen atoms in total. The van der Waals surface area contributed by atoms with E-state index in [1.54, 1.807) is 18.2 Å². The lowest BCUT2D eigenvalue weighted by Gasteiger charge is -2.38. The van der Waals surface area contributed by atoms with Crippen molar-refractivity contribution in [3.63, 3.8) is 0 Å². The topological polar surface area (TPSA) is 55.8 Å². The molecule has 1 aliphatic rings. The fraction of sp³-hybridized carbons (Fsp3) is 0.450. The fourth-order valence-corrected chi connectivity index (χ4v) is 3.18. The molecule has 1 aromatic rings. The van der Waals surface area contributed by atoms with Gasteiger partial charge in [0.2, 0.25) is 0 Å². The van der Waals surface area contributed by atoms with Gasteiger partial charge in [-0.1, -0.05) is 43.7 Å². The Hall–Kier alpha value is -1.91. The zero-order chi connectivity index (χ0) is 17.7. The third-order valence-corrected chi connectivity index (χ3v) is 4.24. The number of benzene rings is 1. The SMILES string of the molecule is C=CCC1(OO)C(OC(C)C)=C(CCCC)C(=O)c2ccccc21. The summed E-state index contributed by atoms with van der Waals surface area (Å²) >= 11 is 0. The predicted octanol–water partition coefficient (Wildman–Crippen LogP) is 5.01. The van der Waals surface area contributed by atoms with Gasteiger partial charge in [-0.05, 0) is 26.7 Å². The van der Waals surface area contributed by atoms with Crippen molar-refractivity contribution < 1.29 is 19.7 Å². The van der Waals surface area contributed by atoms with Crippen LogP contribution in [0, 0.1) is 0 Å². The molecule has 24 heavy (non-hydrogen) atoms. The normalized spacial score (nSPS) is 20.3. The molecule has 1 N–H and O–H groups in total. The van der Waals surface area contributed by atoms with Crippen LogP contribution in [-0.4, -0.2) is 17.1 Å². The lowest BCUT2D eigenvalue weighted by atomic mass is 9.75. The van der Waals surface area contributed by atoms with E-state index in [2.05, 4.69) is 13.5 Å². The highest BCUT2D eigenvalue weighted by molar-refractivity contribution is 6.11. The van der Waals surface area contributed by atoms with Gasteiger partial charge < -0.3 is 4.74 Å². The van der Waals surface area contributed by atoms with Gasteiger partial charge >= 0.3 is 0 Å². The molecule has 1 unspecified atom stereocenters. The van der Waals surface area contributed by atoms with E-state index in [1.165, 1.54) is 0 Å². The molecule has 0 bridgehead atoms. The second-order valence-corrected chi connectivity index (χ2v) is 6.36. The van der Waals surface area contributed by atoms with Gasteiger partial charge in [-0.25, -0.2) is 4.89 Å². The van der Waals surface area contributed by atoms with E-state index in [1.807, 2.05) is 26.0 Å². The van der Waals surface area contributed by atoms with Gasteiger partial charge in [-0.2, -0.15) is 0 Å². The molecule has 4 heteroatoms. The van der Waals surface area contributed by atoms with Crippen molar-refractivity contribution in [1.29, 1.82) is 0 Å². The Kier molecular flexibility index (Phi) is 5.97. The number of hydrogen-bond donors (Lipinski definition) is 1. The van der Waals surface area contributed by atoms with Gasteiger partial charge in [0.05, 0.1) is 6.10 Å². The maximum Gasteiger partial charge on any atom is 0.192 e. The molecular formula is C20H26O4. The number of allylic oxidation sites excluding steroid dienone is 1. The molecule has 0 heterocycles. The van der Waals surface area contributed by atoms with Crippen LogP contribution in [0.15, 0.2) is 48.3 Å². The van der Waals surface area contributed by atoms with Gasteiger partial charge in [-0.3, -0.25) is 10.1 Å². The van der Waals surface area contributed by atoms with Crippen molar-refractivity contribution in [2.24, 2.45) is 0 Å². The maximum atomic E-state index is 13.0. The van der Waals surface area contributed by atoms with Gasteiger partial charge in [0.15, 0.2) is 11.4 Å². The Morgan fingerprint density at radius 3 is 2.62 bits per heavy atom. The fourth-order valence-electron chi connectivity index (χ4n) is 3.18. The minimum atomic E-state index is -1.22. The molecule has 0 radical (unpaired) electrons. The van der Waals surface area contributed by atoms with Crippen LogP contribution in [-0.2, 0) is 15.2 Å². The van der Waals surface area contributed by atoms with Gasteiger partial charge in [0.25, 0.3) is 0 Å². The average Bonchev–Trinajstić information content (AvgIpc) is 2.58. The first-order chi connectivity index (χ1) is 11.5. The summed E-state index contributed by atoms with van der Waals surface area (Å²) in [5.74, 6) is 0.364. The Morgan fingerprint density at radius 1 is 1.33 bits per heavy atom. The Balaban J connectivity index is 2.73. The number of carbonyl (C=O) groups excluding carboxylic acids is 1. The monoisotopic (exact) mass is 330 g/mol. The number of Topliss-reactive ketones (excluding diaryl/α,β-unsaturated/α-hetero) is 1. The summed E-state index contributed by atoms with van der Waals surface area (Å²) in [6.07, 6.45) is 4.25. The summed E-state index contributed by atoms with van der Waals surface area (Å²) in [5.41, 5.74) is 0.531. The lowest BCUT2D eigenvalue weighted by molar-refractivity contribution is -0.326. The van der Waals surface area contributed by atoms with Crippen molar-refractivity contribution in [2.45, 2.75) is 58.2 Å². The zero-order valence-electron chi connectivity index (χ0n) is 14.7. The van der Waals surface area contributed by atoms with E-state index < -0.39 is 5.60 Å². The van der Waals surface area contributed by atoms with Crippen LogP contribution in [0.3, 0.4) is 0 Å². The number of fused-ring (bicyclic) bond motifs is 1. The first-order valence-electron chi connectivity index (χ1n) is 8.49. The van der Waals surface area contributed by atoms with E-state index in [0.717, 1.165) is 12.8 Å². The summed E-state index contributed by atoms with van der Waals surface area (Å²) in [6, 6.07) is 7.21. The van der Waals surface area contributed by atoms with Crippen molar-refractivity contribution >= 4 is 5.78 Å². The molecule has 0 saturated heterocycles. The van der Waals surface area contributed by atoms with Gasteiger partial charge in [0, 0.05) is 23.1 Å². The third kappa shape index (κ3) is 3.17. The minimum Gasteiger partial charge on any atom is -0.491 e. The highest BCUT2D eigenvalue weighted by atomic mass is 17.1. The van der Waals surface area contributed by atoms with Crippen LogP contribution in [0.5, 0.6) is 0 Å². The van der Waals surface area contributed by atoms with Crippen molar-refractivity contribution in [3.05, 3.63) is 59.4 Å². The lowest BCUT2D eigenvalue weighted by Crippen LogP contribution is -2.40.